The second kappa shape index (κ2) is 10.8. The topological polar surface area (TPSA) is 58.6 Å². The van der Waals surface area contributed by atoms with Gasteiger partial charge in [-0.3, -0.25) is 4.79 Å². The summed E-state index contributed by atoms with van der Waals surface area (Å²) in [7, 11) is 0. The molecule has 4 nitrogen and oxygen atoms in total. The minimum absolute atomic E-state index is 0. The van der Waals surface area contributed by atoms with Crippen LogP contribution in [-0.2, 0) is 6.42 Å². The van der Waals surface area contributed by atoms with Gasteiger partial charge >= 0.3 is 0 Å². The Morgan fingerprint density at radius 1 is 1.33 bits per heavy atom. The van der Waals surface area contributed by atoms with Crippen molar-refractivity contribution in [1.29, 1.82) is 0 Å². The van der Waals surface area contributed by atoms with E-state index in [-0.39, 0.29) is 24.8 Å². The number of rotatable bonds is 11. The van der Waals surface area contributed by atoms with Gasteiger partial charge in [-0.15, -0.1) is 23.7 Å². The van der Waals surface area contributed by atoms with Crippen molar-refractivity contribution in [2.75, 3.05) is 19.7 Å². The van der Waals surface area contributed by atoms with Crippen molar-refractivity contribution < 1.29 is 14.6 Å². The molecule has 2 N–H and O–H groups in total. The van der Waals surface area contributed by atoms with Crippen molar-refractivity contribution in [1.82, 2.24) is 5.32 Å². The number of nitrogens with one attached hydrogen (secondary N) is 1. The number of ether oxygens (including phenoxy) is 1. The fraction of sp³-hybridized carbons (Fsp3) is 0.476. The van der Waals surface area contributed by atoms with Gasteiger partial charge in [-0.2, -0.15) is 0 Å². The quantitative estimate of drug-likeness (QED) is 0.550. The summed E-state index contributed by atoms with van der Waals surface area (Å²) in [6, 6.07) is 10.0. The summed E-state index contributed by atoms with van der Waals surface area (Å²) in [6.45, 7) is 3.64. The molecule has 0 radical (unpaired) electrons. The van der Waals surface area contributed by atoms with Crippen LogP contribution in [0.15, 0.2) is 35.7 Å². The molecule has 6 heteroatoms. The molecule has 3 rings (SSSR count). The average Bonchev–Trinajstić information content (AvgIpc) is 3.40. The monoisotopic (exact) mass is 409 g/mol. The minimum atomic E-state index is -0.569. The van der Waals surface area contributed by atoms with E-state index in [1.54, 1.807) is 0 Å². The SMILES string of the molecule is Cc1csc(C(=O)CCc2ccccc2)c1OCC(O)CNCC1CC1.Cl. The first-order valence-corrected chi connectivity index (χ1v) is 10.2. The Labute approximate surface area is 171 Å². The molecule has 0 aliphatic heterocycles. The number of thiophene rings is 1. The highest BCUT2D eigenvalue weighted by Gasteiger charge is 2.21. The van der Waals surface area contributed by atoms with Gasteiger partial charge in [0.15, 0.2) is 5.78 Å². The van der Waals surface area contributed by atoms with Crippen LogP contribution in [0.4, 0.5) is 0 Å². The number of halogens is 1. The predicted octanol–water partition coefficient (Wildman–Crippen LogP) is 4.03. The summed E-state index contributed by atoms with van der Waals surface area (Å²) in [4.78, 5) is 13.3. The first kappa shape index (κ1) is 21.9. The zero-order valence-corrected chi connectivity index (χ0v) is 17.3. The van der Waals surface area contributed by atoms with Crippen LogP contribution in [-0.4, -0.2) is 36.7 Å². The van der Waals surface area contributed by atoms with E-state index in [2.05, 4.69) is 5.32 Å². The van der Waals surface area contributed by atoms with Crippen LogP contribution in [0.1, 0.15) is 40.1 Å². The molecule has 0 bridgehead atoms. The summed E-state index contributed by atoms with van der Waals surface area (Å²) in [5, 5.41) is 15.3. The Morgan fingerprint density at radius 3 is 2.78 bits per heavy atom. The van der Waals surface area contributed by atoms with Gasteiger partial charge in [0.1, 0.15) is 23.3 Å². The highest BCUT2D eigenvalue weighted by Crippen LogP contribution is 2.32. The molecule has 0 saturated heterocycles. The maximum absolute atomic E-state index is 12.6. The molecule has 1 aliphatic rings. The van der Waals surface area contributed by atoms with Gasteiger partial charge in [0.05, 0.1) is 0 Å². The average molecular weight is 410 g/mol. The number of hydrogen-bond donors (Lipinski definition) is 2. The van der Waals surface area contributed by atoms with E-state index >= 15 is 0 Å². The van der Waals surface area contributed by atoms with E-state index in [1.165, 1.54) is 24.2 Å². The zero-order chi connectivity index (χ0) is 18.4. The molecule has 1 atom stereocenters. The number of benzene rings is 1. The Morgan fingerprint density at radius 2 is 2.07 bits per heavy atom. The Kier molecular flexibility index (Phi) is 8.77. The Bertz CT molecular complexity index is 715. The van der Waals surface area contributed by atoms with Crippen molar-refractivity contribution in [3.05, 3.63) is 51.7 Å². The molecule has 0 amide bonds. The van der Waals surface area contributed by atoms with Crippen LogP contribution in [0, 0.1) is 12.8 Å². The highest BCUT2D eigenvalue weighted by molar-refractivity contribution is 7.12. The van der Waals surface area contributed by atoms with Crippen LogP contribution in [0.2, 0.25) is 0 Å². The van der Waals surface area contributed by atoms with E-state index in [0.29, 0.717) is 23.6 Å². The van der Waals surface area contributed by atoms with E-state index < -0.39 is 6.10 Å². The molecule has 27 heavy (non-hydrogen) atoms. The number of Topliss-reactive ketones (excluding diaryl/α,β-unsaturated/α-hetero) is 1. The molecule has 1 aromatic carbocycles. The summed E-state index contributed by atoms with van der Waals surface area (Å²) >= 11 is 1.43. The van der Waals surface area contributed by atoms with Crippen molar-refractivity contribution >= 4 is 29.5 Å². The molecule has 148 valence electrons. The number of ketones is 1. The maximum Gasteiger partial charge on any atom is 0.176 e. The summed E-state index contributed by atoms with van der Waals surface area (Å²) in [5.74, 6) is 1.52. The van der Waals surface area contributed by atoms with E-state index in [0.717, 1.165) is 30.0 Å². The summed E-state index contributed by atoms with van der Waals surface area (Å²) < 4.78 is 5.82. The summed E-state index contributed by atoms with van der Waals surface area (Å²) in [6.07, 6.45) is 3.21. The van der Waals surface area contributed by atoms with E-state index in [9.17, 15) is 9.90 Å². The second-order valence-corrected chi connectivity index (χ2v) is 7.93. The third-order valence-corrected chi connectivity index (χ3v) is 5.70. The van der Waals surface area contributed by atoms with Gasteiger partial charge in [-0.05, 0) is 49.6 Å². The van der Waals surface area contributed by atoms with Gasteiger partial charge in [-0.1, -0.05) is 30.3 Å². The number of hydrogen-bond acceptors (Lipinski definition) is 5. The molecule has 2 aromatic rings. The van der Waals surface area contributed by atoms with Gasteiger partial charge in [0.25, 0.3) is 0 Å². The molecule has 1 saturated carbocycles. The molecule has 1 unspecified atom stereocenters. The smallest absolute Gasteiger partial charge is 0.176 e. The Hall–Kier alpha value is -1.40. The lowest BCUT2D eigenvalue weighted by molar-refractivity contribution is 0.0955. The van der Waals surface area contributed by atoms with Gasteiger partial charge in [-0.25, -0.2) is 0 Å². The van der Waals surface area contributed by atoms with Gasteiger partial charge in [0, 0.05) is 18.5 Å². The van der Waals surface area contributed by atoms with Crippen molar-refractivity contribution in [3.8, 4) is 5.75 Å². The van der Waals surface area contributed by atoms with E-state index in [4.69, 9.17) is 4.74 Å². The third kappa shape index (κ3) is 6.92. The van der Waals surface area contributed by atoms with Crippen LogP contribution < -0.4 is 10.1 Å². The van der Waals surface area contributed by atoms with Crippen LogP contribution in [0.3, 0.4) is 0 Å². The zero-order valence-electron chi connectivity index (χ0n) is 15.6. The fourth-order valence-corrected chi connectivity index (χ4v) is 3.80. The normalized spacial score (nSPS) is 14.4. The Balaban J connectivity index is 0.00000261. The lowest BCUT2D eigenvalue weighted by Crippen LogP contribution is -2.32. The molecular weight excluding hydrogens is 382 g/mol. The van der Waals surface area contributed by atoms with Crippen LogP contribution >= 0.6 is 23.7 Å². The molecule has 1 fully saturated rings. The second-order valence-electron chi connectivity index (χ2n) is 7.05. The largest absolute Gasteiger partial charge is 0.489 e. The number of aryl methyl sites for hydroxylation is 2. The van der Waals surface area contributed by atoms with Gasteiger partial charge in [0.2, 0.25) is 0 Å². The lowest BCUT2D eigenvalue weighted by atomic mass is 10.1. The number of aliphatic hydroxyl groups is 1. The first-order valence-electron chi connectivity index (χ1n) is 9.30. The van der Waals surface area contributed by atoms with Crippen LogP contribution in [0.25, 0.3) is 0 Å². The first-order chi connectivity index (χ1) is 12.6. The standard InChI is InChI=1S/C21H27NO3S.ClH/c1-15-14-26-21(19(24)10-9-16-5-3-2-4-6-16)20(15)25-13-18(23)12-22-11-17-7-8-17;/h2-6,14,17-18,22-23H,7-13H2,1H3;1H. The number of aliphatic hydroxyl groups excluding tert-OH is 1. The molecule has 0 spiro atoms. The number of carbonyl (C=O) groups is 1. The molecular formula is C21H28ClNO3S. The summed E-state index contributed by atoms with van der Waals surface area (Å²) in [5.41, 5.74) is 2.12. The predicted molar refractivity (Wildman–Crippen MR) is 112 cm³/mol. The lowest BCUT2D eigenvalue weighted by Gasteiger charge is -2.14. The van der Waals surface area contributed by atoms with Gasteiger partial charge < -0.3 is 15.2 Å². The number of carbonyl (C=O) groups excluding carboxylic acids is 1. The molecule has 1 aliphatic carbocycles. The van der Waals surface area contributed by atoms with Crippen LogP contribution in [0.5, 0.6) is 5.75 Å². The van der Waals surface area contributed by atoms with Crippen molar-refractivity contribution in [3.63, 3.8) is 0 Å². The fourth-order valence-electron chi connectivity index (χ4n) is 2.84. The third-order valence-electron chi connectivity index (χ3n) is 4.58. The maximum atomic E-state index is 12.6. The highest BCUT2D eigenvalue weighted by atomic mass is 35.5. The van der Waals surface area contributed by atoms with E-state index in [1.807, 2.05) is 42.6 Å². The molecule has 1 heterocycles. The van der Waals surface area contributed by atoms with Crippen molar-refractivity contribution in [2.24, 2.45) is 5.92 Å². The minimum Gasteiger partial charge on any atom is -0.489 e. The molecule has 1 aromatic heterocycles. The van der Waals surface area contributed by atoms with Crippen molar-refractivity contribution in [2.45, 2.75) is 38.7 Å².